The summed E-state index contributed by atoms with van der Waals surface area (Å²) in [6.07, 6.45) is 6.98. The summed E-state index contributed by atoms with van der Waals surface area (Å²) in [5, 5.41) is 15.2. The maximum Gasteiger partial charge on any atom is 0.315 e. The third-order valence-corrected chi connectivity index (χ3v) is 5.10. The average molecular weight is 335 g/mol. The molecule has 1 aromatic heterocycles. The number of urea groups is 1. The number of carbonyl (C=O) groups excluding carboxylic acids is 1. The summed E-state index contributed by atoms with van der Waals surface area (Å²) in [7, 11) is 0. The van der Waals surface area contributed by atoms with E-state index in [2.05, 4.69) is 15.5 Å². The Morgan fingerprint density at radius 3 is 2.75 bits per heavy atom. The van der Waals surface area contributed by atoms with Crippen LogP contribution >= 0.6 is 0 Å². The Kier molecular flexibility index (Phi) is 6.15. The summed E-state index contributed by atoms with van der Waals surface area (Å²) in [5.74, 6) is 2.00. The fraction of sp³-hybridized carbons (Fsp3) is 0.722. The van der Waals surface area contributed by atoms with E-state index in [1.54, 1.807) is 0 Å². The first-order valence-electron chi connectivity index (χ1n) is 9.18. The van der Waals surface area contributed by atoms with Crippen molar-refractivity contribution in [3.05, 3.63) is 23.7 Å². The maximum atomic E-state index is 12.0. The third-order valence-electron chi connectivity index (χ3n) is 5.10. The fourth-order valence-electron chi connectivity index (χ4n) is 3.82. The molecule has 1 saturated heterocycles. The van der Waals surface area contributed by atoms with Gasteiger partial charge >= 0.3 is 6.03 Å². The van der Waals surface area contributed by atoms with Crippen molar-refractivity contribution in [3.63, 3.8) is 0 Å². The van der Waals surface area contributed by atoms with Crippen LogP contribution in [0.3, 0.4) is 0 Å². The number of furan rings is 1. The molecule has 2 aliphatic rings. The van der Waals surface area contributed by atoms with E-state index < -0.39 is 0 Å². The number of hydrogen-bond acceptors (Lipinski definition) is 4. The van der Waals surface area contributed by atoms with Gasteiger partial charge in [-0.2, -0.15) is 0 Å². The fourth-order valence-corrected chi connectivity index (χ4v) is 3.82. The van der Waals surface area contributed by atoms with E-state index in [0.29, 0.717) is 17.7 Å². The molecular formula is C18H29N3O3. The number of amides is 2. The Morgan fingerprint density at radius 2 is 2.00 bits per heavy atom. The number of likely N-dealkylation sites (tertiary alicyclic amines) is 1. The van der Waals surface area contributed by atoms with E-state index in [1.807, 2.05) is 12.1 Å². The molecular weight excluding hydrogens is 306 g/mol. The molecule has 0 aromatic carbocycles. The summed E-state index contributed by atoms with van der Waals surface area (Å²) in [6.45, 7) is 3.47. The molecule has 2 heterocycles. The van der Waals surface area contributed by atoms with E-state index >= 15 is 0 Å². The highest BCUT2D eigenvalue weighted by molar-refractivity contribution is 5.74. The van der Waals surface area contributed by atoms with Crippen LogP contribution in [0.4, 0.5) is 4.79 Å². The second-order valence-electron chi connectivity index (χ2n) is 7.11. The highest BCUT2D eigenvalue weighted by Gasteiger charge is 2.22. The zero-order valence-corrected chi connectivity index (χ0v) is 14.3. The Labute approximate surface area is 143 Å². The highest BCUT2D eigenvalue weighted by atomic mass is 16.4. The Balaban J connectivity index is 1.39. The van der Waals surface area contributed by atoms with Gasteiger partial charge in [0.15, 0.2) is 0 Å². The zero-order chi connectivity index (χ0) is 16.8. The third kappa shape index (κ3) is 4.98. The normalized spacial score (nSPS) is 22.6. The molecule has 6 nitrogen and oxygen atoms in total. The number of nitrogens with zero attached hydrogens (tertiary/aromatic N) is 1. The predicted octanol–water partition coefficient (Wildman–Crippen LogP) is 2.23. The molecule has 2 amide bonds. The van der Waals surface area contributed by atoms with E-state index in [1.165, 1.54) is 12.8 Å². The van der Waals surface area contributed by atoms with E-state index in [-0.39, 0.29) is 12.6 Å². The molecule has 0 radical (unpaired) electrons. The standard InChI is InChI=1S/C18H29N3O3/c22-13-17-8-7-16(24-17)12-21-9-3-4-14(11-21)10-19-18(23)20-15-5-1-2-6-15/h7-8,14-15,22H,1-6,9-13H2,(H2,19,20,23)/t14-/m1/s1. The number of hydrogen-bond donors (Lipinski definition) is 3. The Hall–Kier alpha value is -1.53. The van der Waals surface area contributed by atoms with Crippen LogP contribution in [0.5, 0.6) is 0 Å². The van der Waals surface area contributed by atoms with Crippen molar-refractivity contribution < 1.29 is 14.3 Å². The van der Waals surface area contributed by atoms with Crippen LogP contribution in [-0.2, 0) is 13.2 Å². The van der Waals surface area contributed by atoms with Gasteiger partial charge in [-0.25, -0.2) is 4.79 Å². The maximum absolute atomic E-state index is 12.0. The molecule has 1 atom stereocenters. The van der Waals surface area contributed by atoms with Gasteiger partial charge in [0.25, 0.3) is 0 Å². The summed E-state index contributed by atoms with van der Waals surface area (Å²) < 4.78 is 5.57. The minimum atomic E-state index is -0.0529. The van der Waals surface area contributed by atoms with Crippen molar-refractivity contribution >= 4 is 6.03 Å². The molecule has 134 valence electrons. The first-order valence-corrected chi connectivity index (χ1v) is 9.18. The second kappa shape index (κ2) is 8.53. The molecule has 1 aliphatic heterocycles. The summed E-state index contributed by atoms with van der Waals surface area (Å²) in [4.78, 5) is 14.3. The number of nitrogens with one attached hydrogen (secondary N) is 2. The number of carbonyl (C=O) groups is 1. The van der Waals surface area contributed by atoms with E-state index in [0.717, 1.165) is 57.6 Å². The van der Waals surface area contributed by atoms with E-state index in [9.17, 15) is 4.79 Å². The molecule has 3 rings (SSSR count). The highest BCUT2D eigenvalue weighted by Crippen LogP contribution is 2.20. The molecule has 0 bridgehead atoms. The first-order chi connectivity index (χ1) is 11.7. The number of aliphatic hydroxyl groups excluding tert-OH is 1. The van der Waals surface area contributed by atoms with Gasteiger partial charge in [0, 0.05) is 19.1 Å². The SMILES string of the molecule is O=C(NC[C@H]1CCCN(Cc2ccc(CO)o2)C1)NC1CCCC1. The van der Waals surface area contributed by atoms with Crippen LogP contribution in [0, 0.1) is 5.92 Å². The minimum absolute atomic E-state index is 0.0161. The van der Waals surface area contributed by atoms with Gasteiger partial charge in [-0.1, -0.05) is 12.8 Å². The minimum Gasteiger partial charge on any atom is -0.462 e. The number of aliphatic hydroxyl groups is 1. The van der Waals surface area contributed by atoms with Crippen molar-refractivity contribution in [1.82, 2.24) is 15.5 Å². The molecule has 1 aromatic rings. The van der Waals surface area contributed by atoms with Gasteiger partial charge < -0.3 is 20.2 Å². The lowest BCUT2D eigenvalue weighted by Gasteiger charge is -2.32. The molecule has 3 N–H and O–H groups in total. The van der Waals surface area contributed by atoms with Crippen molar-refractivity contribution in [3.8, 4) is 0 Å². The van der Waals surface area contributed by atoms with E-state index in [4.69, 9.17) is 9.52 Å². The topological polar surface area (TPSA) is 77.7 Å². The quantitative estimate of drug-likeness (QED) is 0.745. The average Bonchev–Trinajstić information content (AvgIpc) is 3.25. The predicted molar refractivity (Wildman–Crippen MR) is 91.4 cm³/mol. The van der Waals surface area contributed by atoms with Gasteiger partial charge in [-0.05, 0) is 50.3 Å². The molecule has 0 spiro atoms. The van der Waals surface area contributed by atoms with Gasteiger partial charge in [0.05, 0.1) is 6.54 Å². The van der Waals surface area contributed by atoms with Crippen molar-refractivity contribution in [2.75, 3.05) is 19.6 Å². The summed E-state index contributed by atoms with van der Waals surface area (Å²) in [6, 6.07) is 4.11. The Morgan fingerprint density at radius 1 is 1.21 bits per heavy atom. The monoisotopic (exact) mass is 335 g/mol. The molecule has 0 unspecified atom stereocenters. The van der Waals surface area contributed by atoms with Crippen molar-refractivity contribution in [1.29, 1.82) is 0 Å². The smallest absolute Gasteiger partial charge is 0.315 e. The molecule has 2 fully saturated rings. The lowest BCUT2D eigenvalue weighted by molar-refractivity contribution is 0.152. The van der Waals surface area contributed by atoms with Gasteiger partial charge in [0.1, 0.15) is 18.1 Å². The van der Waals surface area contributed by atoms with Crippen molar-refractivity contribution in [2.24, 2.45) is 5.92 Å². The second-order valence-corrected chi connectivity index (χ2v) is 7.11. The van der Waals surface area contributed by atoms with Crippen LogP contribution in [0.2, 0.25) is 0 Å². The largest absolute Gasteiger partial charge is 0.462 e. The number of rotatable bonds is 6. The van der Waals surface area contributed by atoms with Crippen LogP contribution in [0.1, 0.15) is 50.0 Å². The van der Waals surface area contributed by atoms with Gasteiger partial charge in [-0.3, -0.25) is 4.90 Å². The molecule has 1 saturated carbocycles. The zero-order valence-electron chi connectivity index (χ0n) is 14.3. The number of piperidine rings is 1. The first kappa shape index (κ1) is 17.3. The lowest BCUT2D eigenvalue weighted by Crippen LogP contribution is -2.45. The van der Waals surface area contributed by atoms with Gasteiger partial charge in [0.2, 0.25) is 0 Å². The lowest BCUT2D eigenvalue weighted by atomic mass is 9.98. The van der Waals surface area contributed by atoms with Gasteiger partial charge in [-0.15, -0.1) is 0 Å². The molecule has 24 heavy (non-hydrogen) atoms. The summed E-state index contributed by atoms with van der Waals surface area (Å²) >= 11 is 0. The molecule has 1 aliphatic carbocycles. The van der Waals surface area contributed by atoms with Crippen molar-refractivity contribution in [2.45, 2.75) is 57.7 Å². The van der Waals surface area contributed by atoms with Crippen LogP contribution in [-0.4, -0.2) is 41.7 Å². The molecule has 6 heteroatoms. The van der Waals surface area contributed by atoms with Crippen LogP contribution in [0.15, 0.2) is 16.5 Å². The Bertz CT molecular complexity index is 525. The summed E-state index contributed by atoms with van der Waals surface area (Å²) in [5.41, 5.74) is 0. The van der Waals surface area contributed by atoms with Crippen LogP contribution < -0.4 is 10.6 Å². The van der Waals surface area contributed by atoms with Crippen LogP contribution in [0.25, 0.3) is 0 Å².